The third-order valence-electron chi connectivity index (χ3n) is 2.07. The Hall–Kier alpha value is -2.16. The molecule has 8 nitrogen and oxygen atoms in total. The summed E-state index contributed by atoms with van der Waals surface area (Å²) in [5.41, 5.74) is 0. The lowest BCUT2D eigenvalue weighted by Gasteiger charge is -2.12. The van der Waals surface area contributed by atoms with Crippen LogP contribution in [-0.2, 0) is 14.6 Å². The second-order valence-corrected chi connectivity index (χ2v) is 5.35. The van der Waals surface area contributed by atoms with E-state index in [0.29, 0.717) is 0 Å². The molecule has 0 saturated carbocycles. The SMILES string of the molecule is CCOC(=O)N(CS(=O)(=O)c1ccccc1)[N+](=O)[O-]. The Morgan fingerprint density at radius 2 is 1.95 bits per heavy atom. The Morgan fingerprint density at radius 1 is 1.37 bits per heavy atom. The van der Waals surface area contributed by atoms with Gasteiger partial charge in [0.15, 0.2) is 10.9 Å². The van der Waals surface area contributed by atoms with Crippen LogP contribution in [-0.4, -0.2) is 37.0 Å². The molecule has 19 heavy (non-hydrogen) atoms. The van der Waals surface area contributed by atoms with Crippen molar-refractivity contribution in [2.75, 3.05) is 12.5 Å². The number of hydrogen-bond acceptors (Lipinski definition) is 6. The van der Waals surface area contributed by atoms with Crippen molar-refractivity contribution in [3.8, 4) is 0 Å². The molecular formula is C10H12N2O6S. The molecule has 0 aliphatic rings. The minimum absolute atomic E-state index is 0.0775. The van der Waals surface area contributed by atoms with Crippen molar-refractivity contribution in [3.63, 3.8) is 0 Å². The highest BCUT2D eigenvalue weighted by Crippen LogP contribution is 2.12. The van der Waals surface area contributed by atoms with Crippen LogP contribution in [0.4, 0.5) is 4.79 Å². The van der Waals surface area contributed by atoms with E-state index in [9.17, 15) is 23.3 Å². The average Bonchev–Trinajstić information content (AvgIpc) is 2.37. The van der Waals surface area contributed by atoms with Gasteiger partial charge in [-0.25, -0.2) is 23.3 Å². The zero-order valence-electron chi connectivity index (χ0n) is 10.1. The number of nitro groups is 1. The molecule has 1 aromatic rings. The Morgan fingerprint density at radius 3 is 2.42 bits per heavy atom. The van der Waals surface area contributed by atoms with Gasteiger partial charge in [-0.05, 0) is 24.1 Å². The molecular weight excluding hydrogens is 276 g/mol. The van der Waals surface area contributed by atoms with E-state index in [4.69, 9.17) is 0 Å². The van der Waals surface area contributed by atoms with E-state index < -0.39 is 26.8 Å². The molecule has 1 aromatic carbocycles. The third-order valence-corrected chi connectivity index (χ3v) is 3.65. The standard InChI is InChI=1S/C10H12N2O6S/c1-2-18-10(13)11(12(14)15)8-19(16,17)9-6-4-3-5-7-9/h3-7H,2,8H2,1H3. The van der Waals surface area contributed by atoms with E-state index in [-0.39, 0.29) is 16.5 Å². The zero-order chi connectivity index (χ0) is 14.5. The normalized spacial score (nSPS) is 10.8. The highest BCUT2D eigenvalue weighted by atomic mass is 32.2. The Bertz CT molecular complexity index is 557. The maximum atomic E-state index is 11.9. The topological polar surface area (TPSA) is 107 Å². The first-order valence-electron chi connectivity index (χ1n) is 5.25. The maximum absolute atomic E-state index is 11.9. The number of hydrogen-bond donors (Lipinski definition) is 0. The molecule has 0 aliphatic heterocycles. The molecule has 0 unspecified atom stereocenters. The number of carbonyl (C=O) groups is 1. The number of rotatable bonds is 5. The van der Waals surface area contributed by atoms with Gasteiger partial charge in [-0.2, -0.15) is 0 Å². The molecule has 0 radical (unpaired) electrons. The van der Waals surface area contributed by atoms with E-state index in [1.165, 1.54) is 31.2 Å². The van der Waals surface area contributed by atoms with Gasteiger partial charge in [0.2, 0.25) is 9.84 Å². The fourth-order valence-electron chi connectivity index (χ4n) is 1.23. The summed E-state index contributed by atoms with van der Waals surface area (Å²) in [7, 11) is -3.98. The summed E-state index contributed by atoms with van der Waals surface area (Å²) in [6.07, 6.45) is -1.31. The molecule has 104 valence electrons. The van der Waals surface area contributed by atoms with Gasteiger partial charge in [-0.3, -0.25) is 0 Å². The Labute approximate surface area is 109 Å². The lowest BCUT2D eigenvalue weighted by atomic mass is 10.4. The molecule has 0 fully saturated rings. The van der Waals surface area contributed by atoms with Crippen molar-refractivity contribution in [2.24, 2.45) is 0 Å². The minimum atomic E-state index is -3.98. The highest BCUT2D eigenvalue weighted by molar-refractivity contribution is 7.91. The van der Waals surface area contributed by atoms with Crippen molar-refractivity contribution in [1.82, 2.24) is 5.01 Å². The molecule has 0 heterocycles. The smallest absolute Gasteiger partial charge is 0.446 e. The first-order valence-corrected chi connectivity index (χ1v) is 6.90. The van der Waals surface area contributed by atoms with Crippen LogP contribution in [0.15, 0.2) is 35.2 Å². The molecule has 1 amide bonds. The van der Waals surface area contributed by atoms with E-state index >= 15 is 0 Å². The summed E-state index contributed by atoms with van der Waals surface area (Å²) in [6.45, 7) is 1.37. The number of benzene rings is 1. The summed E-state index contributed by atoms with van der Waals surface area (Å²) in [5, 5.41) is 9.50. The number of carbonyl (C=O) groups excluding carboxylic acids is 1. The van der Waals surface area contributed by atoms with Gasteiger partial charge < -0.3 is 4.74 Å². The highest BCUT2D eigenvalue weighted by Gasteiger charge is 2.32. The quantitative estimate of drug-likeness (QED) is 0.592. The lowest BCUT2D eigenvalue weighted by Crippen LogP contribution is -2.40. The van der Waals surface area contributed by atoms with Crippen LogP contribution >= 0.6 is 0 Å². The van der Waals surface area contributed by atoms with Gasteiger partial charge in [0.25, 0.3) is 0 Å². The predicted molar refractivity (Wildman–Crippen MR) is 64.4 cm³/mol. The number of ether oxygens (including phenoxy) is 1. The van der Waals surface area contributed by atoms with Crippen LogP contribution < -0.4 is 0 Å². The fraction of sp³-hybridized carbons (Fsp3) is 0.300. The fourth-order valence-corrected chi connectivity index (χ4v) is 2.47. The summed E-state index contributed by atoms with van der Waals surface area (Å²) in [4.78, 5) is 21.9. The van der Waals surface area contributed by atoms with Gasteiger partial charge in [0, 0.05) is 0 Å². The first kappa shape index (κ1) is 14.9. The van der Waals surface area contributed by atoms with E-state index in [0.717, 1.165) is 0 Å². The van der Waals surface area contributed by atoms with Crippen molar-refractivity contribution < 1.29 is 23.0 Å². The molecule has 0 saturated heterocycles. The van der Waals surface area contributed by atoms with Crippen molar-refractivity contribution in [3.05, 3.63) is 40.4 Å². The van der Waals surface area contributed by atoms with Crippen LogP contribution in [0.1, 0.15) is 6.92 Å². The minimum Gasteiger partial charge on any atom is -0.446 e. The van der Waals surface area contributed by atoms with E-state index in [1.54, 1.807) is 6.07 Å². The molecule has 9 heteroatoms. The molecule has 0 aromatic heterocycles. The Balaban J connectivity index is 2.97. The summed E-state index contributed by atoms with van der Waals surface area (Å²) in [6, 6.07) is 7.15. The largest absolute Gasteiger partial charge is 0.469 e. The molecule has 0 bridgehead atoms. The molecule has 0 N–H and O–H groups in total. The van der Waals surface area contributed by atoms with Gasteiger partial charge in [0.05, 0.1) is 11.5 Å². The van der Waals surface area contributed by atoms with Gasteiger partial charge in [-0.15, -0.1) is 0 Å². The molecule has 0 spiro atoms. The Kier molecular flexibility index (Phi) is 4.81. The average molecular weight is 288 g/mol. The molecule has 1 rings (SSSR count). The van der Waals surface area contributed by atoms with Crippen LogP contribution in [0.2, 0.25) is 0 Å². The monoisotopic (exact) mass is 288 g/mol. The van der Waals surface area contributed by atoms with Crippen LogP contribution in [0.5, 0.6) is 0 Å². The van der Waals surface area contributed by atoms with Crippen molar-refractivity contribution in [1.29, 1.82) is 0 Å². The number of hydrazine groups is 1. The van der Waals surface area contributed by atoms with Gasteiger partial charge in [0.1, 0.15) is 0 Å². The second-order valence-electron chi connectivity index (χ2n) is 3.39. The number of sulfone groups is 1. The van der Waals surface area contributed by atoms with E-state index in [1.807, 2.05) is 0 Å². The van der Waals surface area contributed by atoms with E-state index in [2.05, 4.69) is 4.74 Å². The maximum Gasteiger partial charge on any atom is 0.469 e. The van der Waals surface area contributed by atoms with Crippen LogP contribution in [0, 0.1) is 10.1 Å². The van der Waals surface area contributed by atoms with Gasteiger partial charge >= 0.3 is 6.09 Å². The van der Waals surface area contributed by atoms with Crippen LogP contribution in [0.3, 0.4) is 0 Å². The third kappa shape index (κ3) is 3.91. The van der Waals surface area contributed by atoms with Gasteiger partial charge in [-0.1, -0.05) is 18.2 Å². The van der Waals surface area contributed by atoms with Crippen LogP contribution in [0.25, 0.3) is 0 Å². The summed E-state index contributed by atoms with van der Waals surface area (Å²) >= 11 is 0. The first-order chi connectivity index (χ1) is 8.88. The predicted octanol–water partition coefficient (Wildman–Crippen LogP) is 1.07. The lowest BCUT2D eigenvalue weighted by molar-refractivity contribution is -0.631. The summed E-state index contributed by atoms with van der Waals surface area (Å²) < 4.78 is 28.2. The molecule has 0 atom stereocenters. The van der Waals surface area contributed by atoms with Crippen molar-refractivity contribution in [2.45, 2.75) is 11.8 Å². The second kappa shape index (κ2) is 6.14. The number of nitrogens with zero attached hydrogens (tertiary/aromatic N) is 2. The zero-order valence-corrected chi connectivity index (χ0v) is 10.9. The summed E-state index contributed by atoms with van der Waals surface area (Å²) in [5.74, 6) is -1.08. The molecule has 0 aliphatic carbocycles. The number of amides is 1. The van der Waals surface area contributed by atoms with Crippen molar-refractivity contribution >= 4 is 15.9 Å².